The Morgan fingerprint density at radius 3 is 3.00 bits per heavy atom. The lowest BCUT2D eigenvalue weighted by atomic mass is 10.0. The lowest BCUT2D eigenvalue weighted by Gasteiger charge is -2.15. The smallest absolute Gasteiger partial charge is 0.222 e. The summed E-state index contributed by atoms with van der Waals surface area (Å²) in [5.74, 6) is 0.428. The monoisotopic (exact) mass is 343 g/mol. The molecule has 0 radical (unpaired) electrons. The van der Waals surface area contributed by atoms with E-state index in [-0.39, 0.29) is 17.7 Å². The second kappa shape index (κ2) is 7.63. The third-order valence-electron chi connectivity index (χ3n) is 4.62. The molecule has 2 amide bonds. The van der Waals surface area contributed by atoms with Gasteiger partial charge in [-0.15, -0.1) is 0 Å². The molecule has 0 aliphatic carbocycles. The van der Waals surface area contributed by atoms with Gasteiger partial charge in [0.1, 0.15) is 0 Å². The maximum absolute atomic E-state index is 12.1. The fourth-order valence-corrected chi connectivity index (χ4v) is 3.41. The van der Waals surface area contributed by atoms with Crippen LogP contribution in [-0.4, -0.2) is 51.1 Å². The molecule has 2 aromatic heterocycles. The summed E-state index contributed by atoms with van der Waals surface area (Å²) >= 11 is 0. The van der Waals surface area contributed by atoms with Crippen molar-refractivity contribution in [3.8, 4) is 0 Å². The Labute approximate surface area is 147 Å². The van der Waals surface area contributed by atoms with Crippen molar-refractivity contribution in [1.82, 2.24) is 25.0 Å². The number of aromatic nitrogens is 3. The van der Waals surface area contributed by atoms with Gasteiger partial charge in [0.25, 0.3) is 0 Å². The SMILES string of the molecule is CCCC(=O)N1CC[C@@H](c2nn(CCNC(C)=O)c3ncccc23)C1. The van der Waals surface area contributed by atoms with Gasteiger partial charge >= 0.3 is 0 Å². The molecule has 0 bridgehead atoms. The Morgan fingerprint density at radius 2 is 2.24 bits per heavy atom. The first-order chi connectivity index (χ1) is 12.1. The molecule has 7 nitrogen and oxygen atoms in total. The molecule has 7 heteroatoms. The van der Waals surface area contributed by atoms with Crippen molar-refractivity contribution in [2.75, 3.05) is 19.6 Å². The molecule has 1 aliphatic heterocycles. The Kier molecular flexibility index (Phi) is 5.31. The summed E-state index contributed by atoms with van der Waals surface area (Å²) in [6.45, 7) is 6.16. The van der Waals surface area contributed by atoms with Gasteiger partial charge in [-0.25, -0.2) is 9.67 Å². The molecule has 134 valence electrons. The van der Waals surface area contributed by atoms with Crippen LogP contribution in [0.25, 0.3) is 11.0 Å². The molecule has 0 saturated carbocycles. The van der Waals surface area contributed by atoms with Crippen molar-refractivity contribution in [3.05, 3.63) is 24.0 Å². The number of rotatable bonds is 6. The standard InChI is InChI=1S/C18H25N5O2/c1-3-5-16(25)22-10-7-14(12-22)17-15-6-4-8-20-18(15)23(21-17)11-9-19-13(2)24/h4,6,8,14H,3,5,7,9-12H2,1-2H3,(H,19,24)/t14-/m1/s1. The minimum absolute atomic E-state index is 0.0504. The van der Waals surface area contributed by atoms with Crippen LogP contribution in [0, 0.1) is 0 Å². The molecule has 1 saturated heterocycles. The summed E-state index contributed by atoms with van der Waals surface area (Å²) in [6, 6.07) is 3.96. The van der Waals surface area contributed by atoms with Gasteiger partial charge in [0, 0.05) is 50.5 Å². The number of nitrogens with one attached hydrogen (secondary N) is 1. The van der Waals surface area contributed by atoms with Crippen LogP contribution >= 0.6 is 0 Å². The van der Waals surface area contributed by atoms with Crippen molar-refractivity contribution >= 4 is 22.8 Å². The summed E-state index contributed by atoms with van der Waals surface area (Å²) in [5, 5.41) is 8.61. The molecule has 1 atom stereocenters. The average Bonchev–Trinajstić information content (AvgIpc) is 3.20. The summed E-state index contributed by atoms with van der Waals surface area (Å²) in [5.41, 5.74) is 1.85. The van der Waals surface area contributed by atoms with Crippen LogP contribution in [0.2, 0.25) is 0 Å². The van der Waals surface area contributed by atoms with Gasteiger partial charge in [0.05, 0.1) is 12.2 Å². The number of amides is 2. The maximum atomic E-state index is 12.1. The molecule has 1 fully saturated rings. The van der Waals surface area contributed by atoms with Crippen LogP contribution in [-0.2, 0) is 16.1 Å². The lowest BCUT2D eigenvalue weighted by Crippen LogP contribution is -2.28. The van der Waals surface area contributed by atoms with Gasteiger partial charge in [0.2, 0.25) is 11.8 Å². The van der Waals surface area contributed by atoms with Gasteiger partial charge in [-0.3, -0.25) is 9.59 Å². The Bertz CT molecular complexity index is 770. The van der Waals surface area contributed by atoms with Crippen molar-refractivity contribution < 1.29 is 9.59 Å². The first-order valence-electron chi connectivity index (χ1n) is 8.93. The molecule has 3 heterocycles. The van der Waals surface area contributed by atoms with Gasteiger partial charge in [-0.1, -0.05) is 6.92 Å². The number of carbonyl (C=O) groups is 2. The molecule has 0 spiro atoms. The van der Waals surface area contributed by atoms with E-state index >= 15 is 0 Å². The highest BCUT2D eigenvalue weighted by atomic mass is 16.2. The van der Waals surface area contributed by atoms with E-state index in [1.807, 2.05) is 28.6 Å². The number of hydrogen-bond acceptors (Lipinski definition) is 4. The first-order valence-corrected chi connectivity index (χ1v) is 8.93. The highest BCUT2D eigenvalue weighted by Gasteiger charge is 2.30. The summed E-state index contributed by atoms with van der Waals surface area (Å²) in [4.78, 5) is 29.6. The third kappa shape index (κ3) is 3.81. The Morgan fingerprint density at radius 1 is 1.40 bits per heavy atom. The third-order valence-corrected chi connectivity index (χ3v) is 4.62. The van der Waals surface area contributed by atoms with Crippen molar-refractivity contribution in [2.45, 2.75) is 45.6 Å². The molecular weight excluding hydrogens is 318 g/mol. The van der Waals surface area contributed by atoms with E-state index in [1.54, 1.807) is 6.20 Å². The largest absolute Gasteiger partial charge is 0.354 e. The molecule has 1 aliphatic rings. The molecule has 25 heavy (non-hydrogen) atoms. The van der Waals surface area contributed by atoms with E-state index in [1.165, 1.54) is 6.92 Å². The van der Waals surface area contributed by atoms with Gasteiger partial charge in [0.15, 0.2) is 5.65 Å². The van der Waals surface area contributed by atoms with E-state index < -0.39 is 0 Å². The minimum atomic E-state index is -0.0504. The predicted molar refractivity (Wildman–Crippen MR) is 95.1 cm³/mol. The van der Waals surface area contributed by atoms with Crippen molar-refractivity contribution in [1.29, 1.82) is 0 Å². The lowest BCUT2D eigenvalue weighted by molar-refractivity contribution is -0.130. The molecule has 3 rings (SSSR count). The topological polar surface area (TPSA) is 80.1 Å². The van der Waals surface area contributed by atoms with Crippen LogP contribution in [0.1, 0.15) is 44.7 Å². The van der Waals surface area contributed by atoms with Crippen molar-refractivity contribution in [3.63, 3.8) is 0 Å². The highest BCUT2D eigenvalue weighted by Crippen LogP contribution is 2.31. The van der Waals surface area contributed by atoms with Gasteiger partial charge in [-0.05, 0) is 25.0 Å². The zero-order chi connectivity index (χ0) is 17.8. The van der Waals surface area contributed by atoms with Gasteiger partial charge < -0.3 is 10.2 Å². The van der Waals surface area contributed by atoms with E-state index in [9.17, 15) is 9.59 Å². The molecule has 2 aromatic rings. The second-order valence-electron chi connectivity index (χ2n) is 6.54. The molecule has 0 unspecified atom stereocenters. The number of carbonyl (C=O) groups excluding carboxylic acids is 2. The molecular formula is C18H25N5O2. The quantitative estimate of drug-likeness (QED) is 0.865. The minimum Gasteiger partial charge on any atom is -0.354 e. The Balaban J connectivity index is 1.80. The number of fused-ring (bicyclic) bond motifs is 1. The van der Waals surface area contributed by atoms with Crippen molar-refractivity contribution in [2.24, 2.45) is 0 Å². The van der Waals surface area contributed by atoms with Crippen LogP contribution in [0.3, 0.4) is 0 Å². The fraction of sp³-hybridized carbons (Fsp3) is 0.556. The number of nitrogens with zero attached hydrogens (tertiary/aromatic N) is 4. The first kappa shape index (κ1) is 17.4. The average molecular weight is 343 g/mol. The van der Waals surface area contributed by atoms with Crippen LogP contribution < -0.4 is 5.32 Å². The van der Waals surface area contributed by atoms with Gasteiger partial charge in [-0.2, -0.15) is 5.10 Å². The van der Waals surface area contributed by atoms with Crippen LogP contribution in [0.5, 0.6) is 0 Å². The maximum Gasteiger partial charge on any atom is 0.222 e. The fourth-order valence-electron chi connectivity index (χ4n) is 3.41. The second-order valence-corrected chi connectivity index (χ2v) is 6.54. The summed E-state index contributed by atoms with van der Waals surface area (Å²) in [7, 11) is 0. The summed E-state index contributed by atoms with van der Waals surface area (Å²) in [6.07, 6.45) is 4.18. The molecule has 0 aromatic carbocycles. The zero-order valence-electron chi connectivity index (χ0n) is 14.9. The zero-order valence-corrected chi connectivity index (χ0v) is 14.9. The van der Waals surface area contributed by atoms with E-state index in [4.69, 9.17) is 5.10 Å². The van der Waals surface area contributed by atoms with E-state index in [2.05, 4.69) is 10.3 Å². The highest BCUT2D eigenvalue weighted by molar-refractivity contribution is 5.80. The number of pyridine rings is 1. The van der Waals surface area contributed by atoms with E-state index in [0.717, 1.165) is 42.7 Å². The number of likely N-dealkylation sites (tertiary alicyclic amines) is 1. The van der Waals surface area contributed by atoms with E-state index in [0.29, 0.717) is 19.5 Å². The van der Waals surface area contributed by atoms with Crippen LogP contribution in [0.15, 0.2) is 18.3 Å². The predicted octanol–water partition coefficient (Wildman–Crippen LogP) is 1.68. The Hall–Kier alpha value is -2.44. The molecule has 1 N–H and O–H groups in total. The normalized spacial score (nSPS) is 17.2. The summed E-state index contributed by atoms with van der Waals surface area (Å²) < 4.78 is 1.86. The number of hydrogen-bond donors (Lipinski definition) is 1. The van der Waals surface area contributed by atoms with Crippen LogP contribution in [0.4, 0.5) is 0 Å².